The van der Waals surface area contributed by atoms with Crippen LogP contribution in [-0.4, -0.2) is 32.3 Å². The van der Waals surface area contributed by atoms with Crippen LogP contribution in [0.2, 0.25) is 0 Å². The third-order valence-corrected chi connectivity index (χ3v) is 3.80. The van der Waals surface area contributed by atoms with Crippen molar-refractivity contribution in [1.82, 2.24) is 9.55 Å². The van der Waals surface area contributed by atoms with Crippen LogP contribution in [0.15, 0.2) is 18.2 Å². The Morgan fingerprint density at radius 1 is 1.31 bits per heavy atom. The van der Waals surface area contributed by atoms with Gasteiger partial charge in [0.15, 0.2) is 11.3 Å². The molecule has 9 heteroatoms. The average Bonchev–Trinajstić information content (AvgIpc) is 2.81. The smallest absolute Gasteiger partial charge is 0.380 e. The van der Waals surface area contributed by atoms with E-state index in [0.29, 0.717) is 23.6 Å². The molecule has 1 aromatic heterocycles. The van der Waals surface area contributed by atoms with Crippen molar-refractivity contribution in [2.24, 2.45) is 0 Å². The first-order valence-electron chi connectivity index (χ1n) is 7.76. The van der Waals surface area contributed by atoms with Crippen molar-refractivity contribution in [3.8, 4) is 0 Å². The van der Waals surface area contributed by atoms with E-state index in [1.54, 1.807) is 22.8 Å². The number of carbonyl (C=O) groups is 1. The lowest BCUT2D eigenvalue weighted by molar-refractivity contribution is -0.253. The molecule has 0 unspecified atom stereocenters. The van der Waals surface area contributed by atoms with Crippen molar-refractivity contribution in [3.05, 3.63) is 29.6 Å². The fraction of sp³-hybridized carbons (Fsp3) is 0.471. The molecule has 0 spiro atoms. The van der Waals surface area contributed by atoms with Gasteiger partial charge >= 0.3 is 6.18 Å². The second-order valence-corrected chi connectivity index (χ2v) is 7.22. The van der Waals surface area contributed by atoms with Gasteiger partial charge in [-0.3, -0.25) is 10.1 Å². The van der Waals surface area contributed by atoms with Crippen LogP contribution in [0.5, 0.6) is 0 Å². The van der Waals surface area contributed by atoms with Gasteiger partial charge in [-0.1, -0.05) is 6.07 Å². The van der Waals surface area contributed by atoms with Gasteiger partial charge in [-0.2, -0.15) is 13.2 Å². The number of hydrogen-bond donors (Lipinski definition) is 2. The molecule has 0 saturated heterocycles. The molecule has 0 aliphatic rings. The number of aliphatic hydroxyl groups is 1. The molecule has 140 valence electrons. The van der Waals surface area contributed by atoms with Gasteiger partial charge in [0.05, 0.1) is 24.0 Å². The van der Waals surface area contributed by atoms with E-state index in [0.717, 1.165) is 0 Å². The molecule has 1 heterocycles. The summed E-state index contributed by atoms with van der Waals surface area (Å²) in [7, 11) is 0. The molecular weight excluding hydrogens is 349 g/mol. The minimum Gasteiger partial charge on any atom is -0.380 e. The molecule has 0 aliphatic carbocycles. The highest BCUT2D eigenvalue weighted by Gasteiger charge is 2.51. The highest BCUT2D eigenvalue weighted by atomic mass is 19.4. The number of benzene rings is 1. The summed E-state index contributed by atoms with van der Waals surface area (Å²) in [6, 6.07) is 4.77. The maximum Gasteiger partial charge on any atom is 0.417 e. The van der Waals surface area contributed by atoms with E-state index in [4.69, 9.17) is 6.57 Å². The number of fused-ring (bicyclic) bond motifs is 1. The normalized spacial score (nSPS) is 14.7. The number of alkyl halides is 3. The lowest BCUT2D eigenvalue weighted by atomic mass is 10.0. The summed E-state index contributed by atoms with van der Waals surface area (Å²) in [5.41, 5.74) is -2.27. The number of nitrogens with zero attached hydrogens (tertiary/aromatic N) is 3. The van der Waals surface area contributed by atoms with E-state index in [-0.39, 0.29) is 5.95 Å². The van der Waals surface area contributed by atoms with Crippen LogP contribution in [0.25, 0.3) is 15.9 Å². The number of imidazole rings is 1. The minimum atomic E-state index is -4.93. The van der Waals surface area contributed by atoms with Gasteiger partial charge in [-0.25, -0.2) is 9.83 Å². The zero-order chi connectivity index (χ0) is 19.9. The number of anilines is 1. The van der Waals surface area contributed by atoms with E-state index in [1.807, 2.05) is 20.8 Å². The summed E-state index contributed by atoms with van der Waals surface area (Å²) in [5, 5.41) is 11.8. The standard InChI is InChI=1S/C17H19F3N4O2/c1-15(2,3)24-12-8-10(21-5)6-7-11(12)22-14(24)23-13(25)9-16(4,26)17(18,19)20/h6-8,26H,9H2,1-4H3,(H,22,23,25)/t16-/m0/s1. The highest BCUT2D eigenvalue weighted by Crippen LogP contribution is 2.34. The lowest BCUT2D eigenvalue weighted by Gasteiger charge is -2.27. The topological polar surface area (TPSA) is 71.5 Å². The Labute approximate surface area is 148 Å². The molecule has 26 heavy (non-hydrogen) atoms. The number of carbonyl (C=O) groups excluding carboxylic acids is 1. The number of halogens is 3. The van der Waals surface area contributed by atoms with Crippen molar-refractivity contribution in [1.29, 1.82) is 0 Å². The predicted molar refractivity (Wildman–Crippen MR) is 90.9 cm³/mol. The van der Waals surface area contributed by atoms with Gasteiger partial charge in [0.25, 0.3) is 0 Å². The van der Waals surface area contributed by atoms with Crippen LogP contribution >= 0.6 is 0 Å². The van der Waals surface area contributed by atoms with Gasteiger partial charge < -0.3 is 9.67 Å². The van der Waals surface area contributed by atoms with Crippen molar-refractivity contribution in [2.75, 3.05) is 5.32 Å². The number of amides is 1. The number of hydrogen-bond acceptors (Lipinski definition) is 3. The summed E-state index contributed by atoms with van der Waals surface area (Å²) in [5.74, 6) is -0.962. The van der Waals surface area contributed by atoms with Crippen LogP contribution in [0.3, 0.4) is 0 Å². The zero-order valence-electron chi connectivity index (χ0n) is 14.8. The first kappa shape index (κ1) is 19.7. The lowest BCUT2D eigenvalue weighted by Crippen LogP contribution is -2.45. The third kappa shape index (κ3) is 3.80. The number of nitrogens with one attached hydrogen (secondary N) is 1. The molecule has 2 rings (SSSR count). The van der Waals surface area contributed by atoms with Gasteiger partial charge in [0.1, 0.15) is 0 Å². The fourth-order valence-corrected chi connectivity index (χ4v) is 2.48. The summed E-state index contributed by atoms with van der Waals surface area (Å²) < 4.78 is 40.0. The largest absolute Gasteiger partial charge is 0.417 e. The van der Waals surface area contributed by atoms with Gasteiger partial charge in [0, 0.05) is 5.54 Å². The summed E-state index contributed by atoms with van der Waals surface area (Å²) in [6.07, 6.45) is -6.09. The Kier molecular flexibility index (Phi) is 4.77. The Morgan fingerprint density at radius 2 is 1.92 bits per heavy atom. The second kappa shape index (κ2) is 6.29. The molecule has 0 fully saturated rings. The molecule has 0 bridgehead atoms. The van der Waals surface area contributed by atoms with Crippen LogP contribution in [-0.2, 0) is 10.3 Å². The molecule has 0 saturated carbocycles. The molecule has 2 N–H and O–H groups in total. The Morgan fingerprint density at radius 3 is 2.42 bits per heavy atom. The second-order valence-electron chi connectivity index (χ2n) is 7.22. The zero-order valence-corrected chi connectivity index (χ0v) is 14.8. The molecule has 1 atom stereocenters. The summed E-state index contributed by atoms with van der Waals surface area (Å²) in [4.78, 5) is 19.7. The first-order valence-corrected chi connectivity index (χ1v) is 7.76. The van der Waals surface area contributed by atoms with Gasteiger partial charge in [-0.05, 0) is 39.8 Å². The van der Waals surface area contributed by atoms with Gasteiger partial charge in [-0.15, -0.1) is 0 Å². The average molecular weight is 368 g/mol. The fourth-order valence-electron chi connectivity index (χ4n) is 2.48. The Balaban J connectivity index is 2.44. The molecule has 2 aromatic rings. The van der Waals surface area contributed by atoms with Crippen molar-refractivity contribution in [2.45, 2.75) is 51.4 Å². The van der Waals surface area contributed by atoms with Crippen LogP contribution in [0.4, 0.5) is 24.8 Å². The van der Waals surface area contributed by atoms with E-state index < -0.39 is 29.6 Å². The highest BCUT2D eigenvalue weighted by molar-refractivity contribution is 5.93. The van der Waals surface area contributed by atoms with E-state index in [2.05, 4.69) is 15.1 Å². The molecule has 0 aliphatic heterocycles. The van der Waals surface area contributed by atoms with Crippen LogP contribution in [0, 0.1) is 6.57 Å². The Hall–Kier alpha value is -2.60. The maximum absolute atomic E-state index is 12.8. The summed E-state index contributed by atoms with van der Waals surface area (Å²) >= 11 is 0. The monoisotopic (exact) mass is 368 g/mol. The SMILES string of the molecule is [C-]#[N+]c1ccc2nc(NC(=O)C[C@](C)(O)C(F)(F)F)n(C(C)(C)C)c2c1. The molecule has 6 nitrogen and oxygen atoms in total. The van der Waals surface area contributed by atoms with Gasteiger partial charge in [0.2, 0.25) is 11.9 Å². The van der Waals surface area contributed by atoms with Crippen LogP contribution in [0.1, 0.15) is 34.1 Å². The quantitative estimate of drug-likeness (QED) is 0.805. The third-order valence-electron chi connectivity index (χ3n) is 3.80. The number of aromatic nitrogens is 2. The van der Waals surface area contributed by atoms with Crippen molar-refractivity contribution >= 4 is 28.6 Å². The minimum absolute atomic E-state index is 0.0533. The first-order chi connectivity index (χ1) is 11.8. The molecule has 1 aromatic carbocycles. The van der Waals surface area contributed by atoms with Crippen molar-refractivity contribution < 1.29 is 23.1 Å². The van der Waals surface area contributed by atoms with E-state index in [9.17, 15) is 23.1 Å². The Bertz CT molecular complexity index is 886. The molecular formula is C17H19F3N4O2. The number of rotatable bonds is 3. The van der Waals surface area contributed by atoms with Crippen molar-refractivity contribution in [3.63, 3.8) is 0 Å². The maximum atomic E-state index is 12.8. The summed E-state index contributed by atoms with van der Waals surface area (Å²) in [6.45, 7) is 13.2. The molecule has 1 amide bonds. The van der Waals surface area contributed by atoms with Crippen LogP contribution < -0.4 is 5.32 Å². The predicted octanol–water partition coefficient (Wildman–Crippen LogP) is 3.98. The molecule has 0 radical (unpaired) electrons. The van der Waals surface area contributed by atoms with E-state index >= 15 is 0 Å². The van der Waals surface area contributed by atoms with E-state index in [1.165, 1.54) is 0 Å².